The van der Waals surface area contributed by atoms with E-state index in [-0.39, 0.29) is 36.6 Å². The number of benzene rings is 1. The zero-order valence-corrected chi connectivity index (χ0v) is 13.9. The third kappa shape index (κ3) is 3.60. The number of carbonyl (C=O) groups excluding carboxylic acids is 1. The van der Waals surface area contributed by atoms with E-state index >= 15 is 0 Å². The van der Waals surface area contributed by atoms with Gasteiger partial charge in [0.2, 0.25) is 5.88 Å². The van der Waals surface area contributed by atoms with Crippen LogP contribution in [0.1, 0.15) is 25.2 Å². The van der Waals surface area contributed by atoms with Gasteiger partial charge in [-0.3, -0.25) is 4.79 Å². The summed E-state index contributed by atoms with van der Waals surface area (Å²) in [7, 11) is 0. The molecule has 0 fully saturated rings. The van der Waals surface area contributed by atoms with E-state index in [1.165, 1.54) is 18.3 Å². The molecule has 1 aromatic heterocycles. The van der Waals surface area contributed by atoms with E-state index in [9.17, 15) is 14.3 Å². The SMILES string of the molecule is CC(C)N1CC(c2nccc(OCc3ccc(F)cc3)n2)=C(O)C1=O. The Kier molecular flexibility index (Phi) is 4.65. The average Bonchev–Trinajstić information content (AvgIpc) is 2.90. The highest BCUT2D eigenvalue weighted by Crippen LogP contribution is 2.26. The van der Waals surface area contributed by atoms with E-state index in [4.69, 9.17) is 4.74 Å². The van der Waals surface area contributed by atoms with Gasteiger partial charge in [-0.05, 0) is 31.5 Å². The number of aliphatic hydroxyl groups is 1. The van der Waals surface area contributed by atoms with E-state index < -0.39 is 5.91 Å². The molecule has 0 aliphatic carbocycles. The molecule has 7 heteroatoms. The second-order valence-electron chi connectivity index (χ2n) is 5.99. The van der Waals surface area contributed by atoms with Crippen molar-refractivity contribution in [3.05, 3.63) is 59.5 Å². The summed E-state index contributed by atoms with van der Waals surface area (Å²) >= 11 is 0. The van der Waals surface area contributed by atoms with Crippen LogP contribution in [0.5, 0.6) is 5.88 Å². The minimum absolute atomic E-state index is 0.0370. The van der Waals surface area contributed by atoms with Crippen molar-refractivity contribution >= 4 is 11.5 Å². The first-order valence-corrected chi connectivity index (χ1v) is 7.89. The molecule has 0 unspecified atom stereocenters. The fraction of sp³-hybridized carbons (Fsp3) is 0.278. The lowest BCUT2D eigenvalue weighted by molar-refractivity contribution is -0.129. The predicted molar refractivity (Wildman–Crippen MR) is 89.2 cm³/mol. The van der Waals surface area contributed by atoms with Crippen molar-refractivity contribution in [2.75, 3.05) is 6.54 Å². The van der Waals surface area contributed by atoms with Crippen LogP contribution in [0.2, 0.25) is 0 Å². The minimum atomic E-state index is -0.425. The maximum absolute atomic E-state index is 12.9. The van der Waals surface area contributed by atoms with Gasteiger partial charge in [-0.2, -0.15) is 4.98 Å². The molecular weight excluding hydrogens is 325 g/mol. The highest BCUT2D eigenvalue weighted by Gasteiger charge is 2.33. The summed E-state index contributed by atoms with van der Waals surface area (Å²) in [5.41, 5.74) is 1.18. The second kappa shape index (κ2) is 6.88. The molecule has 2 aromatic rings. The molecule has 130 valence electrons. The van der Waals surface area contributed by atoms with E-state index in [2.05, 4.69) is 9.97 Å². The molecule has 1 aromatic carbocycles. The molecule has 0 atom stereocenters. The van der Waals surface area contributed by atoms with Gasteiger partial charge in [-0.25, -0.2) is 9.37 Å². The zero-order chi connectivity index (χ0) is 18.0. The van der Waals surface area contributed by atoms with E-state index in [1.54, 1.807) is 23.1 Å². The highest BCUT2D eigenvalue weighted by molar-refractivity contribution is 6.03. The average molecular weight is 343 g/mol. The van der Waals surface area contributed by atoms with Gasteiger partial charge >= 0.3 is 0 Å². The summed E-state index contributed by atoms with van der Waals surface area (Å²) < 4.78 is 18.5. The van der Waals surface area contributed by atoms with Crippen molar-refractivity contribution in [2.45, 2.75) is 26.5 Å². The van der Waals surface area contributed by atoms with E-state index in [0.29, 0.717) is 11.5 Å². The number of amides is 1. The monoisotopic (exact) mass is 343 g/mol. The zero-order valence-electron chi connectivity index (χ0n) is 13.9. The number of hydrogen-bond donors (Lipinski definition) is 1. The molecule has 2 heterocycles. The Morgan fingerprint density at radius 3 is 2.64 bits per heavy atom. The van der Waals surface area contributed by atoms with Gasteiger partial charge in [-0.15, -0.1) is 0 Å². The van der Waals surface area contributed by atoms with Gasteiger partial charge in [0.15, 0.2) is 11.6 Å². The fourth-order valence-electron chi connectivity index (χ4n) is 2.48. The molecular formula is C18H18FN3O3. The van der Waals surface area contributed by atoms with Gasteiger partial charge in [0.05, 0.1) is 12.1 Å². The third-order valence-corrected chi connectivity index (χ3v) is 3.90. The molecule has 3 rings (SSSR count). The summed E-state index contributed by atoms with van der Waals surface area (Å²) in [6, 6.07) is 7.52. The Bertz CT molecular complexity index is 819. The van der Waals surface area contributed by atoms with Crippen LogP contribution in [0.4, 0.5) is 4.39 Å². The first kappa shape index (κ1) is 16.9. The van der Waals surface area contributed by atoms with Gasteiger partial charge < -0.3 is 14.7 Å². The number of rotatable bonds is 5. The fourth-order valence-corrected chi connectivity index (χ4v) is 2.48. The molecule has 0 saturated heterocycles. The summed E-state index contributed by atoms with van der Waals surface area (Å²) in [6.45, 7) is 4.22. The van der Waals surface area contributed by atoms with Crippen molar-refractivity contribution in [3.8, 4) is 5.88 Å². The lowest BCUT2D eigenvalue weighted by Crippen LogP contribution is -2.33. The van der Waals surface area contributed by atoms with Crippen LogP contribution in [-0.4, -0.2) is 38.5 Å². The first-order chi connectivity index (χ1) is 12.0. The molecule has 1 amide bonds. The molecule has 25 heavy (non-hydrogen) atoms. The van der Waals surface area contributed by atoms with Crippen LogP contribution in [0.3, 0.4) is 0 Å². The van der Waals surface area contributed by atoms with Crippen molar-refractivity contribution < 1.29 is 19.0 Å². The van der Waals surface area contributed by atoms with Crippen LogP contribution < -0.4 is 4.74 Å². The third-order valence-electron chi connectivity index (χ3n) is 3.90. The number of carbonyl (C=O) groups is 1. The summed E-state index contributed by atoms with van der Waals surface area (Å²) in [6.07, 6.45) is 1.51. The summed E-state index contributed by atoms with van der Waals surface area (Å²) in [5.74, 6) is -0.498. The Balaban J connectivity index is 1.75. The number of nitrogens with zero attached hydrogens (tertiary/aromatic N) is 3. The minimum Gasteiger partial charge on any atom is -0.503 e. The molecule has 1 aliphatic heterocycles. The van der Waals surface area contributed by atoms with Crippen LogP contribution >= 0.6 is 0 Å². The van der Waals surface area contributed by atoms with Crippen LogP contribution in [-0.2, 0) is 11.4 Å². The van der Waals surface area contributed by atoms with E-state index in [1.807, 2.05) is 13.8 Å². The highest BCUT2D eigenvalue weighted by atomic mass is 19.1. The summed E-state index contributed by atoms with van der Waals surface area (Å²) in [5, 5.41) is 10.1. The lowest BCUT2D eigenvalue weighted by Gasteiger charge is -2.20. The van der Waals surface area contributed by atoms with Crippen molar-refractivity contribution in [1.82, 2.24) is 14.9 Å². The standard InChI is InChI=1S/C18H18FN3O3/c1-11(2)22-9-14(16(23)18(22)24)17-20-8-7-15(21-17)25-10-12-3-5-13(19)6-4-12/h3-8,11,23H,9-10H2,1-2H3. The lowest BCUT2D eigenvalue weighted by atomic mass is 10.2. The molecule has 1 aliphatic rings. The Labute approximate surface area is 144 Å². The van der Waals surface area contributed by atoms with Crippen LogP contribution in [0.25, 0.3) is 5.57 Å². The van der Waals surface area contributed by atoms with Gasteiger partial charge in [-0.1, -0.05) is 12.1 Å². The largest absolute Gasteiger partial charge is 0.503 e. The van der Waals surface area contributed by atoms with Gasteiger partial charge in [0, 0.05) is 18.3 Å². The van der Waals surface area contributed by atoms with Gasteiger partial charge in [0.25, 0.3) is 5.91 Å². The second-order valence-corrected chi connectivity index (χ2v) is 5.99. The van der Waals surface area contributed by atoms with Crippen molar-refractivity contribution in [3.63, 3.8) is 0 Å². The topological polar surface area (TPSA) is 75.6 Å². The maximum Gasteiger partial charge on any atom is 0.289 e. The molecule has 1 N–H and O–H groups in total. The number of aliphatic hydroxyl groups excluding tert-OH is 1. The number of ether oxygens (including phenoxy) is 1. The molecule has 0 saturated carbocycles. The molecule has 0 bridgehead atoms. The Hall–Kier alpha value is -2.96. The molecule has 0 spiro atoms. The van der Waals surface area contributed by atoms with E-state index in [0.717, 1.165) is 5.56 Å². The number of hydrogen-bond acceptors (Lipinski definition) is 5. The number of halogens is 1. The summed E-state index contributed by atoms with van der Waals surface area (Å²) in [4.78, 5) is 22.0. The normalized spacial score (nSPS) is 14.6. The Morgan fingerprint density at radius 2 is 2.00 bits per heavy atom. The first-order valence-electron chi connectivity index (χ1n) is 7.89. The van der Waals surface area contributed by atoms with Gasteiger partial charge in [0.1, 0.15) is 12.4 Å². The molecule has 6 nitrogen and oxygen atoms in total. The maximum atomic E-state index is 12.9. The smallest absolute Gasteiger partial charge is 0.289 e. The molecule has 0 radical (unpaired) electrons. The Morgan fingerprint density at radius 1 is 1.28 bits per heavy atom. The quantitative estimate of drug-likeness (QED) is 0.903. The van der Waals surface area contributed by atoms with Crippen LogP contribution in [0.15, 0.2) is 42.3 Å². The number of aromatic nitrogens is 2. The predicted octanol–water partition coefficient (Wildman–Crippen LogP) is 2.71. The van der Waals surface area contributed by atoms with Crippen molar-refractivity contribution in [1.29, 1.82) is 0 Å². The van der Waals surface area contributed by atoms with Crippen molar-refractivity contribution in [2.24, 2.45) is 0 Å². The van der Waals surface area contributed by atoms with Crippen LogP contribution in [0, 0.1) is 5.82 Å².